The Balaban J connectivity index is 2.57. The molecule has 0 amide bonds. The van der Waals surface area contributed by atoms with E-state index in [1.54, 1.807) is 0 Å². The molecule has 1 N–H and O–H groups in total. The zero-order chi connectivity index (χ0) is 9.26. The van der Waals surface area contributed by atoms with E-state index in [1.165, 1.54) is 0 Å². The Morgan fingerprint density at radius 3 is 3.08 bits per heavy atom. The molecule has 0 unspecified atom stereocenters. The molecule has 13 heavy (non-hydrogen) atoms. The molecule has 0 radical (unpaired) electrons. The van der Waals surface area contributed by atoms with Crippen LogP contribution < -0.4 is 0 Å². The molecule has 2 aromatic heterocycles. The third-order valence-corrected chi connectivity index (χ3v) is 2.12. The normalized spacial score (nSPS) is 10.9. The Morgan fingerprint density at radius 2 is 2.38 bits per heavy atom. The topological polar surface area (TPSA) is 37.5 Å². The Bertz CT molecular complexity index is 418. The van der Waals surface area contributed by atoms with E-state index >= 15 is 0 Å². The highest BCUT2D eigenvalue weighted by molar-refractivity contribution is 5.42. The summed E-state index contributed by atoms with van der Waals surface area (Å²) >= 11 is 0. The number of rotatable bonds is 2. The molecule has 0 saturated carbocycles. The summed E-state index contributed by atoms with van der Waals surface area (Å²) in [7, 11) is 0. The molecule has 3 heteroatoms. The lowest BCUT2D eigenvalue weighted by Crippen LogP contribution is -1.87. The Labute approximate surface area is 76.7 Å². The minimum atomic E-state index is 0.0742. The van der Waals surface area contributed by atoms with Crippen molar-refractivity contribution in [3.8, 4) is 0 Å². The monoisotopic (exact) mass is 176 g/mol. The molecule has 0 bridgehead atoms. The van der Waals surface area contributed by atoms with E-state index in [4.69, 9.17) is 5.11 Å². The molecular weight excluding hydrogens is 164 g/mol. The van der Waals surface area contributed by atoms with Crippen LogP contribution in [0.3, 0.4) is 0 Å². The number of imidazole rings is 1. The minimum absolute atomic E-state index is 0.0742. The predicted molar refractivity (Wildman–Crippen MR) is 50.5 cm³/mol. The molecule has 0 aliphatic carbocycles. The standard InChI is InChI=1S/C10H12N2O/c1-2-9-6-12-4-3-8(7-13)5-10(12)11-9/h3-6,13H,2,7H2,1H3. The minimum Gasteiger partial charge on any atom is -0.392 e. The van der Waals surface area contributed by atoms with Crippen molar-refractivity contribution in [3.63, 3.8) is 0 Å². The number of aromatic nitrogens is 2. The highest BCUT2D eigenvalue weighted by Crippen LogP contribution is 2.08. The highest BCUT2D eigenvalue weighted by atomic mass is 16.3. The Hall–Kier alpha value is -1.35. The van der Waals surface area contributed by atoms with E-state index in [-0.39, 0.29) is 6.61 Å². The first kappa shape index (κ1) is 8.26. The maximum Gasteiger partial charge on any atom is 0.137 e. The van der Waals surface area contributed by atoms with Gasteiger partial charge < -0.3 is 9.51 Å². The van der Waals surface area contributed by atoms with Crippen LogP contribution in [0, 0.1) is 0 Å². The van der Waals surface area contributed by atoms with Gasteiger partial charge in [0.2, 0.25) is 0 Å². The van der Waals surface area contributed by atoms with Gasteiger partial charge in [-0.25, -0.2) is 4.98 Å². The highest BCUT2D eigenvalue weighted by Gasteiger charge is 1.99. The second kappa shape index (κ2) is 3.18. The Kier molecular flexibility index (Phi) is 2.02. The van der Waals surface area contributed by atoms with Gasteiger partial charge in [0.05, 0.1) is 12.3 Å². The van der Waals surface area contributed by atoms with Gasteiger partial charge in [-0.05, 0) is 24.1 Å². The van der Waals surface area contributed by atoms with Crippen molar-refractivity contribution < 1.29 is 5.11 Å². The summed E-state index contributed by atoms with van der Waals surface area (Å²) in [5, 5.41) is 8.92. The van der Waals surface area contributed by atoms with Crippen LogP contribution in [0.1, 0.15) is 18.2 Å². The molecule has 3 nitrogen and oxygen atoms in total. The lowest BCUT2D eigenvalue weighted by atomic mass is 10.3. The third-order valence-electron chi connectivity index (χ3n) is 2.12. The van der Waals surface area contributed by atoms with Gasteiger partial charge in [0, 0.05) is 12.4 Å². The number of aliphatic hydroxyl groups excluding tert-OH is 1. The zero-order valence-corrected chi connectivity index (χ0v) is 7.57. The average molecular weight is 176 g/mol. The molecule has 0 aromatic carbocycles. The van der Waals surface area contributed by atoms with Crippen LogP contribution >= 0.6 is 0 Å². The molecule has 0 spiro atoms. The Morgan fingerprint density at radius 1 is 1.54 bits per heavy atom. The maximum atomic E-state index is 8.92. The van der Waals surface area contributed by atoms with E-state index < -0.39 is 0 Å². The van der Waals surface area contributed by atoms with Crippen LogP contribution in [0.15, 0.2) is 24.5 Å². The SMILES string of the molecule is CCc1cn2ccc(CO)cc2n1. The van der Waals surface area contributed by atoms with Gasteiger partial charge in [-0.3, -0.25) is 0 Å². The maximum absolute atomic E-state index is 8.92. The smallest absolute Gasteiger partial charge is 0.137 e. The molecule has 0 aliphatic rings. The summed E-state index contributed by atoms with van der Waals surface area (Å²) in [4.78, 5) is 4.39. The lowest BCUT2D eigenvalue weighted by molar-refractivity contribution is 0.282. The predicted octanol–water partition coefficient (Wildman–Crippen LogP) is 1.39. The van der Waals surface area contributed by atoms with Crippen molar-refractivity contribution in [1.82, 2.24) is 9.38 Å². The van der Waals surface area contributed by atoms with Crippen molar-refractivity contribution in [2.45, 2.75) is 20.0 Å². The van der Waals surface area contributed by atoms with Crippen molar-refractivity contribution in [2.24, 2.45) is 0 Å². The lowest BCUT2D eigenvalue weighted by Gasteiger charge is -1.95. The zero-order valence-electron chi connectivity index (χ0n) is 7.57. The summed E-state index contributed by atoms with van der Waals surface area (Å²) in [6.45, 7) is 2.15. The summed E-state index contributed by atoms with van der Waals surface area (Å²) in [5.74, 6) is 0. The number of pyridine rings is 1. The molecule has 2 aromatic rings. The third kappa shape index (κ3) is 1.42. The largest absolute Gasteiger partial charge is 0.392 e. The second-order valence-corrected chi connectivity index (χ2v) is 3.04. The van der Waals surface area contributed by atoms with Crippen LogP contribution in [0.5, 0.6) is 0 Å². The number of hydrogen-bond donors (Lipinski definition) is 1. The number of hydrogen-bond acceptors (Lipinski definition) is 2. The van der Waals surface area contributed by atoms with E-state index in [1.807, 2.05) is 28.9 Å². The first-order valence-electron chi connectivity index (χ1n) is 4.41. The van der Waals surface area contributed by atoms with Gasteiger partial charge in [-0.15, -0.1) is 0 Å². The second-order valence-electron chi connectivity index (χ2n) is 3.04. The van der Waals surface area contributed by atoms with Crippen LogP contribution in [0.25, 0.3) is 5.65 Å². The molecule has 0 saturated heterocycles. The molecule has 0 aliphatic heterocycles. The van der Waals surface area contributed by atoms with Gasteiger partial charge in [0.25, 0.3) is 0 Å². The average Bonchev–Trinajstić information content (AvgIpc) is 2.58. The van der Waals surface area contributed by atoms with Gasteiger partial charge in [0.15, 0.2) is 0 Å². The fourth-order valence-corrected chi connectivity index (χ4v) is 1.35. The van der Waals surface area contributed by atoms with E-state index in [0.29, 0.717) is 0 Å². The van der Waals surface area contributed by atoms with Crippen LogP contribution in [0.4, 0.5) is 0 Å². The van der Waals surface area contributed by atoms with Gasteiger partial charge >= 0.3 is 0 Å². The molecule has 68 valence electrons. The number of aryl methyl sites for hydroxylation is 1. The number of fused-ring (bicyclic) bond motifs is 1. The molecule has 0 fully saturated rings. The van der Waals surface area contributed by atoms with Crippen molar-refractivity contribution >= 4 is 5.65 Å². The summed E-state index contributed by atoms with van der Waals surface area (Å²) in [5.41, 5.74) is 2.89. The summed E-state index contributed by atoms with van der Waals surface area (Å²) < 4.78 is 1.97. The fraction of sp³-hybridized carbons (Fsp3) is 0.300. The van der Waals surface area contributed by atoms with Crippen LogP contribution in [-0.2, 0) is 13.0 Å². The van der Waals surface area contributed by atoms with Crippen molar-refractivity contribution in [1.29, 1.82) is 0 Å². The quantitative estimate of drug-likeness (QED) is 0.750. The van der Waals surface area contributed by atoms with E-state index in [2.05, 4.69) is 11.9 Å². The van der Waals surface area contributed by atoms with E-state index in [0.717, 1.165) is 23.3 Å². The van der Waals surface area contributed by atoms with Gasteiger partial charge in [-0.1, -0.05) is 6.92 Å². The molecule has 0 atom stereocenters. The van der Waals surface area contributed by atoms with Gasteiger partial charge in [-0.2, -0.15) is 0 Å². The van der Waals surface area contributed by atoms with Crippen molar-refractivity contribution in [3.05, 3.63) is 35.8 Å². The first-order valence-corrected chi connectivity index (χ1v) is 4.41. The van der Waals surface area contributed by atoms with Gasteiger partial charge in [0.1, 0.15) is 5.65 Å². The number of aliphatic hydroxyl groups is 1. The molecular formula is C10H12N2O. The number of nitrogens with zero attached hydrogens (tertiary/aromatic N) is 2. The summed E-state index contributed by atoms with van der Waals surface area (Å²) in [6.07, 6.45) is 4.87. The van der Waals surface area contributed by atoms with Crippen LogP contribution in [-0.4, -0.2) is 14.5 Å². The van der Waals surface area contributed by atoms with E-state index in [9.17, 15) is 0 Å². The molecule has 2 rings (SSSR count). The van der Waals surface area contributed by atoms with Crippen LogP contribution in [0.2, 0.25) is 0 Å². The van der Waals surface area contributed by atoms with Crippen molar-refractivity contribution in [2.75, 3.05) is 0 Å². The first-order chi connectivity index (χ1) is 6.33. The molecule has 2 heterocycles. The fourth-order valence-electron chi connectivity index (χ4n) is 1.35. The summed E-state index contributed by atoms with van der Waals surface area (Å²) in [6, 6.07) is 3.80.